The molecular weight excluding hydrogens is 242 g/mol. The van der Waals surface area contributed by atoms with Crippen LogP contribution in [-0.2, 0) is 11.2 Å². The van der Waals surface area contributed by atoms with Crippen LogP contribution in [0.15, 0.2) is 12.3 Å². The van der Waals surface area contributed by atoms with Gasteiger partial charge in [-0.3, -0.25) is 9.48 Å². The summed E-state index contributed by atoms with van der Waals surface area (Å²) in [5, 5.41) is 13.9. The van der Waals surface area contributed by atoms with E-state index in [1.807, 2.05) is 23.9 Å². The molecule has 1 rings (SSSR count). The van der Waals surface area contributed by atoms with Gasteiger partial charge in [-0.05, 0) is 25.3 Å². The number of aromatic nitrogens is 2. The first-order chi connectivity index (χ1) is 9.02. The summed E-state index contributed by atoms with van der Waals surface area (Å²) in [4.78, 5) is 11.4. The topological polar surface area (TPSA) is 81.1 Å². The molecule has 1 aromatic rings. The van der Waals surface area contributed by atoms with Gasteiger partial charge in [0.15, 0.2) is 0 Å². The highest BCUT2D eigenvalue weighted by Crippen LogP contribution is 2.26. The zero-order valence-electron chi connectivity index (χ0n) is 12.1. The van der Waals surface area contributed by atoms with Crippen molar-refractivity contribution in [3.05, 3.63) is 18.0 Å². The Hall–Kier alpha value is -1.36. The van der Waals surface area contributed by atoms with Crippen molar-refractivity contribution in [1.82, 2.24) is 9.78 Å². The van der Waals surface area contributed by atoms with Crippen LogP contribution in [0.5, 0.6) is 0 Å². The molecule has 108 valence electrons. The van der Waals surface area contributed by atoms with Gasteiger partial charge < -0.3 is 10.8 Å². The molecule has 3 N–H and O–H groups in total. The Kier molecular flexibility index (Phi) is 5.54. The highest BCUT2D eigenvalue weighted by Gasteiger charge is 2.36. The molecule has 5 heteroatoms. The summed E-state index contributed by atoms with van der Waals surface area (Å²) in [7, 11) is 0. The van der Waals surface area contributed by atoms with Gasteiger partial charge >= 0.3 is 5.97 Å². The third kappa shape index (κ3) is 3.35. The number of carboxylic acid groups (broad SMARTS) is 1. The van der Waals surface area contributed by atoms with Crippen molar-refractivity contribution in [2.24, 2.45) is 11.1 Å². The average Bonchev–Trinajstić information content (AvgIpc) is 2.85. The van der Waals surface area contributed by atoms with Gasteiger partial charge in [-0.25, -0.2) is 0 Å². The molecule has 0 aliphatic rings. The molecule has 19 heavy (non-hydrogen) atoms. The van der Waals surface area contributed by atoms with E-state index < -0.39 is 11.4 Å². The molecule has 0 saturated heterocycles. The zero-order chi connectivity index (χ0) is 14.5. The molecule has 1 heterocycles. The summed E-state index contributed by atoms with van der Waals surface area (Å²) in [5.41, 5.74) is 5.58. The minimum absolute atomic E-state index is 0.136. The van der Waals surface area contributed by atoms with E-state index in [0.29, 0.717) is 18.9 Å². The molecule has 0 aliphatic heterocycles. The van der Waals surface area contributed by atoms with Crippen LogP contribution in [0.1, 0.15) is 51.8 Å². The molecule has 0 aliphatic carbocycles. The lowest BCUT2D eigenvalue weighted by Gasteiger charge is -2.25. The van der Waals surface area contributed by atoms with E-state index in [9.17, 15) is 9.90 Å². The van der Waals surface area contributed by atoms with E-state index in [2.05, 4.69) is 18.9 Å². The minimum Gasteiger partial charge on any atom is -0.481 e. The summed E-state index contributed by atoms with van der Waals surface area (Å²) in [5.74, 6) is -0.838. The van der Waals surface area contributed by atoms with Crippen LogP contribution in [0.2, 0.25) is 0 Å². The first-order valence-corrected chi connectivity index (χ1v) is 7.00. The van der Waals surface area contributed by atoms with Crippen LogP contribution < -0.4 is 5.73 Å². The Labute approximate surface area is 114 Å². The second-order valence-corrected chi connectivity index (χ2v) is 5.08. The summed E-state index contributed by atoms with van der Waals surface area (Å²) in [6.07, 6.45) is 4.88. The molecule has 1 aromatic heterocycles. The Morgan fingerprint density at radius 3 is 2.53 bits per heavy atom. The van der Waals surface area contributed by atoms with Crippen molar-refractivity contribution >= 4 is 5.97 Å². The Balaban J connectivity index is 2.90. The minimum atomic E-state index is -0.896. The first kappa shape index (κ1) is 15.7. The molecule has 0 radical (unpaired) electrons. The van der Waals surface area contributed by atoms with Gasteiger partial charge in [0, 0.05) is 19.2 Å². The quantitative estimate of drug-likeness (QED) is 0.756. The maximum atomic E-state index is 11.4. The highest BCUT2D eigenvalue weighted by atomic mass is 16.4. The van der Waals surface area contributed by atoms with E-state index in [1.54, 1.807) is 0 Å². The Morgan fingerprint density at radius 1 is 1.47 bits per heavy atom. The number of rotatable bonds is 8. The number of hydrogen-bond acceptors (Lipinski definition) is 3. The van der Waals surface area contributed by atoms with Crippen molar-refractivity contribution in [3.63, 3.8) is 0 Å². The van der Waals surface area contributed by atoms with E-state index in [1.165, 1.54) is 0 Å². The van der Waals surface area contributed by atoms with E-state index >= 15 is 0 Å². The van der Waals surface area contributed by atoms with E-state index in [4.69, 9.17) is 5.73 Å². The van der Waals surface area contributed by atoms with E-state index in [0.717, 1.165) is 18.5 Å². The predicted molar refractivity (Wildman–Crippen MR) is 75.0 cm³/mol. The first-order valence-electron chi connectivity index (χ1n) is 7.00. The van der Waals surface area contributed by atoms with Gasteiger partial charge in [-0.15, -0.1) is 0 Å². The molecular formula is C14H25N3O2. The fourth-order valence-corrected chi connectivity index (χ4v) is 2.34. The highest BCUT2D eigenvalue weighted by molar-refractivity contribution is 5.75. The maximum Gasteiger partial charge on any atom is 0.311 e. The molecule has 0 saturated carbocycles. The second-order valence-electron chi connectivity index (χ2n) is 5.08. The average molecular weight is 267 g/mol. The molecule has 0 bridgehead atoms. The Bertz CT molecular complexity index is 407. The summed E-state index contributed by atoms with van der Waals surface area (Å²) < 4.78 is 1.94. The standard InChI is InChI=1S/C14H25N3O2/c1-4-12(5-2)17-8-7-11(16-17)9-14(6-3,10-15)13(18)19/h7-8,12H,4-6,9-10,15H2,1-3H3,(H,18,19). The van der Waals surface area contributed by atoms with E-state index in [-0.39, 0.29) is 6.54 Å². The van der Waals surface area contributed by atoms with Crippen molar-refractivity contribution in [2.45, 2.75) is 52.5 Å². The molecule has 0 spiro atoms. The van der Waals surface area contributed by atoms with Gasteiger partial charge in [0.05, 0.1) is 17.2 Å². The smallest absolute Gasteiger partial charge is 0.311 e. The summed E-state index contributed by atoms with van der Waals surface area (Å²) in [6.45, 7) is 6.25. The predicted octanol–water partition coefficient (Wildman–Crippen LogP) is 2.23. The lowest BCUT2D eigenvalue weighted by Crippen LogP contribution is -2.40. The van der Waals surface area contributed by atoms with Crippen LogP contribution in [-0.4, -0.2) is 27.4 Å². The third-order valence-electron chi connectivity index (χ3n) is 4.02. The molecule has 1 atom stereocenters. The van der Waals surface area contributed by atoms with Crippen LogP contribution in [0.4, 0.5) is 0 Å². The van der Waals surface area contributed by atoms with Crippen molar-refractivity contribution in [3.8, 4) is 0 Å². The number of nitrogens with two attached hydrogens (primary N) is 1. The molecule has 1 unspecified atom stereocenters. The monoisotopic (exact) mass is 267 g/mol. The van der Waals surface area contributed by atoms with Gasteiger partial charge in [-0.1, -0.05) is 20.8 Å². The molecule has 0 fully saturated rings. The van der Waals surface area contributed by atoms with Gasteiger partial charge in [0.25, 0.3) is 0 Å². The van der Waals surface area contributed by atoms with Crippen LogP contribution in [0.3, 0.4) is 0 Å². The number of aliphatic carboxylic acids is 1. The molecule has 0 aromatic carbocycles. The molecule has 5 nitrogen and oxygen atoms in total. The summed E-state index contributed by atoms with van der Waals surface area (Å²) >= 11 is 0. The lowest BCUT2D eigenvalue weighted by molar-refractivity contribution is -0.148. The van der Waals surface area contributed by atoms with Crippen molar-refractivity contribution in [1.29, 1.82) is 0 Å². The number of carbonyl (C=O) groups is 1. The maximum absolute atomic E-state index is 11.4. The fourth-order valence-electron chi connectivity index (χ4n) is 2.34. The third-order valence-corrected chi connectivity index (χ3v) is 4.02. The van der Waals surface area contributed by atoms with Gasteiger partial charge in [0.2, 0.25) is 0 Å². The van der Waals surface area contributed by atoms with Crippen molar-refractivity contribution in [2.75, 3.05) is 6.54 Å². The van der Waals surface area contributed by atoms with Gasteiger partial charge in [-0.2, -0.15) is 5.10 Å². The summed E-state index contributed by atoms with van der Waals surface area (Å²) in [6, 6.07) is 2.29. The number of carboxylic acids is 1. The van der Waals surface area contributed by atoms with Crippen LogP contribution >= 0.6 is 0 Å². The SMILES string of the molecule is CCC(CC)n1ccc(CC(CC)(CN)C(=O)O)n1. The lowest BCUT2D eigenvalue weighted by atomic mass is 9.81. The normalized spacial score (nSPS) is 14.6. The largest absolute Gasteiger partial charge is 0.481 e. The van der Waals surface area contributed by atoms with Crippen molar-refractivity contribution < 1.29 is 9.90 Å². The fraction of sp³-hybridized carbons (Fsp3) is 0.714. The second kappa shape index (κ2) is 6.70. The van der Waals surface area contributed by atoms with Gasteiger partial charge in [0.1, 0.15) is 0 Å². The van der Waals surface area contributed by atoms with Crippen LogP contribution in [0.25, 0.3) is 0 Å². The van der Waals surface area contributed by atoms with Crippen LogP contribution in [0, 0.1) is 5.41 Å². The number of hydrogen-bond donors (Lipinski definition) is 2. The molecule has 0 amide bonds. The zero-order valence-corrected chi connectivity index (χ0v) is 12.1. The number of nitrogens with zero attached hydrogens (tertiary/aromatic N) is 2. The Morgan fingerprint density at radius 2 is 2.11 bits per heavy atom.